The number of nitrogens with zero attached hydrogens (tertiary/aromatic N) is 2. The Hall–Kier alpha value is -0.503. The third kappa shape index (κ3) is 9.18. The van der Waals surface area contributed by atoms with Crippen molar-refractivity contribution in [3.8, 4) is 0 Å². The Morgan fingerprint density at radius 1 is 0.824 bits per heavy atom. The summed E-state index contributed by atoms with van der Waals surface area (Å²) in [4.78, 5) is 0. The zero-order valence-corrected chi connectivity index (χ0v) is 22.2. The fourth-order valence-corrected chi connectivity index (χ4v) is 7.01. The second-order valence-corrected chi connectivity index (χ2v) is 14.4. The minimum absolute atomic E-state index is 0.747. The highest BCUT2D eigenvalue weighted by Gasteiger charge is 2.47. The van der Waals surface area contributed by atoms with Crippen LogP contribution in [-0.2, 0) is 33.3 Å². The zero-order chi connectivity index (χ0) is 27.1. The van der Waals surface area contributed by atoms with Crippen LogP contribution in [0.2, 0.25) is 6.04 Å². The molecule has 1 heterocycles. The van der Waals surface area contributed by atoms with E-state index in [0.29, 0.717) is 0 Å². The standard InChI is InChI=1S/C14H32NO3Si.C2F6NO4S2/c1-14(2)15(10-6-7-11-15)12-8-9-13-19(16-3,17-4)18-5;3-1(4,5)14(10,11)9-15(12,13)2(6,7)8/h14H,6-13H2,1-5H3;/q+1;-1. The van der Waals surface area contributed by atoms with Gasteiger partial charge in [0.25, 0.3) is 0 Å². The molecule has 0 N–H and O–H groups in total. The van der Waals surface area contributed by atoms with E-state index in [2.05, 4.69) is 13.8 Å². The van der Waals surface area contributed by atoms with Crippen molar-refractivity contribution in [1.29, 1.82) is 0 Å². The monoisotopic (exact) mass is 570 g/mol. The number of hydrogen-bond acceptors (Lipinski definition) is 7. The predicted molar refractivity (Wildman–Crippen MR) is 113 cm³/mol. The molecule has 1 saturated heterocycles. The van der Waals surface area contributed by atoms with Crippen LogP contribution in [0.25, 0.3) is 4.13 Å². The Balaban J connectivity index is 0.000000661. The van der Waals surface area contributed by atoms with Crippen LogP contribution in [0.5, 0.6) is 0 Å². The average molecular weight is 571 g/mol. The molecular formula is C16H32F6N2O7S2Si. The molecule has 9 nitrogen and oxygen atoms in total. The van der Waals surface area contributed by atoms with E-state index < -0.39 is 39.9 Å². The summed E-state index contributed by atoms with van der Waals surface area (Å²) in [5, 5.41) is 0. The zero-order valence-electron chi connectivity index (χ0n) is 19.6. The second kappa shape index (κ2) is 12.6. The number of sulfonamides is 2. The molecule has 0 bridgehead atoms. The summed E-state index contributed by atoms with van der Waals surface area (Å²) in [5.74, 6) is 0. The SMILES string of the molecule is CO[Si](CCCC[N+]1(C(C)C)CCCC1)(OC)OC.O=S(=O)([N-]S(=O)(=O)C(F)(F)F)C(F)(F)F. The molecule has 0 amide bonds. The molecule has 0 saturated carbocycles. The average Bonchev–Trinajstić information content (AvgIpc) is 3.17. The quantitative estimate of drug-likeness (QED) is 0.161. The number of halogens is 6. The highest BCUT2D eigenvalue weighted by Crippen LogP contribution is 2.36. The summed E-state index contributed by atoms with van der Waals surface area (Å²) in [7, 11) is -10.7. The van der Waals surface area contributed by atoms with Crippen molar-refractivity contribution >= 4 is 28.9 Å². The lowest BCUT2D eigenvalue weighted by Gasteiger charge is -2.38. The first-order valence-corrected chi connectivity index (χ1v) is 14.9. The van der Waals surface area contributed by atoms with Gasteiger partial charge < -0.3 is 21.9 Å². The van der Waals surface area contributed by atoms with E-state index in [0.717, 1.165) is 22.6 Å². The molecule has 0 aliphatic carbocycles. The van der Waals surface area contributed by atoms with Crippen molar-refractivity contribution in [2.75, 3.05) is 41.0 Å². The van der Waals surface area contributed by atoms with Gasteiger partial charge in [-0.15, -0.1) is 0 Å². The normalized spacial score (nSPS) is 17.5. The van der Waals surface area contributed by atoms with E-state index in [1.165, 1.54) is 43.4 Å². The molecule has 0 aromatic rings. The van der Waals surface area contributed by atoms with Gasteiger partial charge in [-0.2, -0.15) is 26.3 Å². The highest BCUT2D eigenvalue weighted by molar-refractivity contribution is 8.13. The molecule has 0 aromatic heterocycles. The maximum absolute atomic E-state index is 11.4. The Bertz CT molecular complexity index is 776. The molecule has 34 heavy (non-hydrogen) atoms. The van der Waals surface area contributed by atoms with Gasteiger partial charge in [-0.25, -0.2) is 16.8 Å². The van der Waals surface area contributed by atoms with E-state index in [9.17, 15) is 43.2 Å². The van der Waals surface area contributed by atoms with Gasteiger partial charge in [-0.3, -0.25) is 0 Å². The summed E-state index contributed by atoms with van der Waals surface area (Å²) in [6.45, 7) is 8.74. The maximum Gasteiger partial charge on any atom is 0.500 e. The van der Waals surface area contributed by atoms with Gasteiger partial charge in [-0.1, -0.05) is 0 Å². The molecule has 1 rings (SSSR count). The molecule has 0 atom stereocenters. The lowest BCUT2D eigenvalue weighted by molar-refractivity contribution is -0.936. The molecule has 0 spiro atoms. The summed E-state index contributed by atoms with van der Waals surface area (Å²) < 4.78 is 127. The van der Waals surface area contributed by atoms with Crippen LogP contribution >= 0.6 is 0 Å². The second-order valence-electron chi connectivity index (χ2n) is 7.86. The van der Waals surface area contributed by atoms with E-state index in [-0.39, 0.29) is 0 Å². The molecule has 0 unspecified atom stereocenters. The molecule has 1 aliphatic rings. The summed E-state index contributed by atoms with van der Waals surface area (Å²) in [6, 6.07) is 1.67. The fourth-order valence-electron chi connectivity index (χ4n) is 3.50. The maximum atomic E-state index is 11.4. The van der Waals surface area contributed by atoms with Gasteiger partial charge in [0.2, 0.25) is 0 Å². The van der Waals surface area contributed by atoms with Crippen LogP contribution in [0.1, 0.15) is 39.5 Å². The minimum Gasteiger partial charge on any atom is -0.421 e. The van der Waals surface area contributed by atoms with Gasteiger partial charge >= 0.3 is 19.8 Å². The van der Waals surface area contributed by atoms with Crippen LogP contribution in [0, 0.1) is 0 Å². The van der Waals surface area contributed by atoms with E-state index in [1.54, 1.807) is 21.3 Å². The summed E-state index contributed by atoms with van der Waals surface area (Å²) in [5.41, 5.74) is -12.4. The van der Waals surface area contributed by atoms with E-state index >= 15 is 0 Å². The number of rotatable bonds is 11. The molecule has 1 fully saturated rings. The first-order valence-electron chi connectivity index (χ1n) is 10.1. The number of alkyl halides is 6. The number of unbranched alkanes of at least 4 members (excludes halogenated alkanes) is 1. The first-order chi connectivity index (χ1) is 15.2. The molecule has 0 aromatic carbocycles. The van der Waals surface area contributed by atoms with Crippen molar-refractivity contribution in [2.24, 2.45) is 0 Å². The molecule has 18 heteroatoms. The largest absolute Gasteiger partial charge is 0.500 e. The highest BCUT2D eigenvalue weighted by atomic mass is 32.3. The smallest absolute Gasteiger partial charge is 0.421 e. The molecular weight excluding hydrogens is 538 g/mol. The van der Waals surface area contributed by atoms with Gasteiger partial charge in [0.15, 0.2) is 20.0 Å². The van der Waals surface area contributed by atoms with E-state index in [1.807, 2.05) is 0 Å². The number of quaternary nitrogens is 1. The van der Waals surface area contributed by atoms with Gasteiger partial charge in [-0.05, 0) is 26.7 Å². The Morgan fingerprint density at radius 2 is 1.21 bits per heavy atom. The Morgan fingerprint density at radius 3 is 1.50 bits per heavy atom. The summed E-state index contributed by atoms with van der Waals surface area (Å²) in [6.07, 6.45) is 5.16. The molecule has 206 valence electrons. The van der Waals surface area contributed by atoms with Crippen LogP contribution in [0.3, 0.4) is 0 Å². The molecule has 0 radical (unpaired) electrons. The Labute approximate surface area is 197 Å². The topological polar surface area (TPSA) is 110 Å². The van der Waals surface area contributed by atoms with Gasteiger partial charge in [0, 0.05) is 40.2 Å². The number of hydrogen-bond donors (Lipinski definition) is 0. The minimum atomic E-state index is -6.72. The van der Waals surface area contributed by atoms with Crippen molar-refractivity contribution in [1.82, 2.24) is 0 Å². The van der Waals surface area contributed by atoms with Crippen LogP contribution in [-0.4, -0.2) is 88.1 Å². The van der Waals surface area contributed by atoms with E-state index in [4.69, 9.17) is 13.3 Å². The Kier molecular flexibility index (Phi) is 12.5. The van der Waals surface area contributed by atoms with Crippen molar-refractivity contribution in [3.63, 3.8) is 0 Å². The van der Waals surface area contributed by atoms with Crippen molar-refractivity contribution in [3.05, 3.63) is 4.13 Å². The predicted octanol–water partition coefficient (Wildman–Crippen LogP) is 3.72. The number of likely N-dealkylation sites (tertiary alicyclic amines) is 1. The van der Waals surface area contributed by atoms with Crippen LogP contribution < -0.4 is 0 Å². The lowest BCUT2D eigenvalue weighted by atomic mass is 10.2. The first kappa shape index (κ1) is 33.5. The van der Waals surface area contributed by atoms with Gasteiger partial charge in [0.1, 0.15) is 0 Å². The third-order valence-corrected chi connectivity index (χ3v) is 11.2. The van der Waals surface area contributed by atoms with Crippen molar-refractivity contribution < 1.29 is 60.9 Å². The lowest BCUT2D eigenvalue weighted by Crippen LogP contribution is -2.51. The van der Waals surface area contributed by atoms with Gasteiger partial charge in [0.05, 0.1) is 25.7 Å². The fraction of sp³-hybridized carbons (Fsp3) is 1.00. The van der Waals surface area contributed by atoms with Crippen LogP contribution in [0.15, 0.2) is 0 Å². The summed E-state index contributed by atoms with van der Waals surface area (Å²) >= 11 is 0. The third-order valence-electron chi connectivity index (χ3n) is 5.60. The molecule has 1 aliphatic heterocycles. The van der Waals surface area contributed by atoms with Crippen LogP contribution in [0.4, 0.5) is 26.3 Å². The van der Waals surface area contributed by atoms with Crippen molar-refractivity contribution in [2.45, 2.75) is 62.6 Å².